The Hall–Kier alpha value is -3.71. The van der Waals surface area contributed by atoms with Crippen molar-refractivity contribution in [3.05, 3.63) is 70.7 Å². The van der Waals surface area contributed by atoms with Gasteiger partial charge in [-0.15, -0.1) is 0 Å². The van der Waals surface area contributed by atoms with Crippen LogP contribution >= 0.6 is 0 Å². The molecule has 0 spiro atoms. The first-order valence-electron chi connectivity index (χ1n) is 12.4. The van der Waals surface area contributed by atoms with Crippen molar-refractivity contribution in [3.8, 4) is 17.6 Å². The number of ether oxygens (including phenoxy) is 1. The van der Waals surface area contributed by atoms with Gasteiger partial charge in [-0.1, -0.05) is 11.8 Å². The lowest BCUT2D eigenvalue weighted by atomic mass is 9.74. The van der Waals surface area contributed by atoms with Crippen LogP contribution in [0.15, 0.2) is 36.5 Å². The predicted octanol–water partition coefficient (Wildman–Crippen LogP) is 6.14. The third kappa shape index (κ3) is 6.14. The molecule has 1 aliphatic rings. The molecule has 39 heavy (non-hydrogen) atoms. The lowest BCUT2D eigenvalue weighted by Gasteiger charge is -2.38. The zero-order valence-electron chi connectivity index (χ0n) is 21.2. The van der Waals surface area contributed by atoms with E-state index in [1.165, 1.54) is 13.3 Å². The molecule has 1 N–H and O–H groups in total. The minimum atomic E-state index is -1.62. The number of aromatic nitrogens is 1. The summed E-state index contributed by atoms with van der Waals surface area (Å²) in [5.41, 5.74) is -0.838. The fourth-order valence-corrected chi connectivity index (χ4v) is 4.99. The maximum Gasteiger partial charge on any atom is 0.309 e. The Bertz CT molecular complexity index is 1420. The van der Waals surface area contributed by atoms with E-state index in [9.17, 15) is 27.5 Å². The largest absolute Gasteiger partial charge is 0.497 e. The lowest BCUT2D eigenvalue weighted by molar-refractivity contribution is -0.152. The molecule has 0 bridgehead atoms. The Morgan fingerprint density at radius 2 is 1.95 bits per heavy atom. The monoisotopic (exact) mass is 546 g/mol. The minimum absolute atomic E-state index is 0.0380. The summed E-state index contributed by atoms with van der Waals surface area (Å²) in [5.74, 6) is 1.03. The normalized spacial score (nSPS) is 15.9. The van der Waals surface area contributed by atoms with Crippen molar-refractivity contribution in [1.82, 2.24) is 9.88 Å². The molecule has 2 aromatic carbocycles. The SMILES string of the molecule is COc1ccc2ncc(CF)c(C(F)CCC3(C(=O)O)CCN(CC#Cc4cc(F)cc(F)c4F)CC3)c2c1. The third-order valence-electron chi connectivity index (χ3n) is 7.32. The number of hydrogen-bond acceptors (Lipinski definition) is 4. The molecular formula is C29H27F5N2O3. The number of hydrogen-bond donors (Lipinski definition) is 1. The number of nitrogens with zero attached hydrogens (tertiary/aromatic N) is 2. The van der Waals surface area contributed by atoms with E-state index >= 15 is 4.39 Å². The number of carboxylic acids is 1. The molecule has 1 unspecified atom stereocenters. The summed E-state index contributed by atoms with van der Waals surface area (Å²) in [7, 11) is 1.47. The second-order valence-corrected chi connectivity index (χ2v) is 9.63. The van der Waals surface area contributed by atoms with Crippen LogP contribution in [-0.4, -0.2) is 47.7 Å². The first-order chi connectivity index (χ1) is 18.7. The molecule has 0 radical (unpaired) electrons. The van der Waals surface area contributed by atoms with E-state index in [0.717, 1.165) is 6.07 Å². The van der Waals surface area contributed by atoms with E-state index in [-0.39, 0.29) is 43.4 Å². The van der Waals surface area contributed by atoms with Gasteiger partial charge >= 0.3 is 5.97 Å². The van der Waals surface area contributed by atoms with E-state index in [1.807, 2.05) is 4.90 Å². The van der Waals surface area contributed by atoms with Gasteiger partial charge in [0.1, 0.15) is 24.4 Å². The maximum atomic E-state index is 15.7. The highest BCUT2D eigenvalue weighted by Crippen LogP contribution is 2.41. The standard InChI is InChI=1S/C29H27F5N2O3/c1-39-21-4-5-25-22(15-21)26(19(16-30)17-35-25)23(32)6-7-29(28(37)38)8-11-36(12-9-29)10-2-3-18-13-20(31)14-24(33)27(18)34/h4-5,13-15,17,23H,6-12,16H2,1H3,(H,37,38). The van der Waals surface area contributed by atoms with Crippen molar-refractivity contribution >= 4 is 16.9 Å². The van der Waals surface area contributed by atoms with Gasteiger partial charge in [0.2, 0.25) is 0 Å². The van der Waals surface area contributed by atoms with Gasteiger partial charge in [0.25, 0.3) is 0 Å². The number of rotatable bonds is 8. The molecule has 1 aliphatic heterocycles. The third-order valence-corrected chi connectivity index (χ3v) is 7.32. The lowest BCUT2D eigenvalue weighted by Crippen LogP contribution is -2.44. The maximum absolute atomic E-state index is 15.7. The molecule has 10 heteroatoms. The number of likely N-dealkylation sites (tertiary alicyclic amines) is 1. The average molecular weight is 547 g/mol. The van der Waals surface area contributed by atoms with Crippen LogP contribution in [0.25, 0.3) is 10.9 Å². The summed E-state index contributed by atoms with van der Waals surface area (Å²) in [5, 5.41) is 10.5. The highest BCUT2D eigenvalue weighted by molar-refractivity contribution is 5.85. The second-order valence-electron chi connectivity index (χ2n) is 9.63. The van der Waals surface area contributed by atoms with Gasteiger partial charge in [-0.3, -0.25) is 14.7 Å². The Kier molecular flexibility index (Phi) is 8.70. The topological polar surface area (TPSA) is 62.7 Å². The van der Waals surface area contributed by atoms with Crippen LogP contribution in [0.1, 0.15) is 48.5 Å². The van der Waals surface area contributed by atoms with Gasteiger partial charge in [0.15, 0.2) is 11.6 Å². The van der Waals surface area contributed by atoms with E-state index in [0.29, 0.717) is 35.8 Å². The molecule has 1 fully saturated rings. The zero-order valence-corrected chi connectivity index (χ0v) is 21.2. The van der Waals surface area contributed by atoms with Crippen molar-refractivity contribution in [2.75, 3.05) is 26.7 Å². The fraction of sp³-hybridized carbons (Fsp3) is 0.379. The van der Waals surface area contributed by atoms with Gasteiger partial charge in [-0.05, 0) is 49.9 Å². The molecule has 2 heterocycles. The molecule has 1 aromatic heterocycles. The molecule has 206 valence electrons. The quantitative estimate of drug-likeness (QED) is 0.209. The molecule has 0 amide bonds. The van der Waals surface area contributed by atoms with Gasteiger partial charge in [0, 0.05) is 41.9 Å². The Balaban J connectivity index is 1.44. The number of carbonyl (C=O) groups is 1. The van der Waals surface area contributed by atoms with Crippen molar-refractivity contribution in [2.24, 2.45) is 5.41 Å². The molecular weight excluding hydrogens is 519 g/mol. The van der Waals surface area contributed by atoms with E-state index < -0.39 is 47.2 Å². The summed E-state index contributed by atoms with van der Waals surface area (Å²) in [6.45, 7) is -0.0993. The first kappa shape index (κ1) is 28.3. The van der Waals surface area contributed by atoms with E-state index in [1.54, 1.807) is 18.2 Å². The number of piperidine rings is 1. The van der Waals surface area contributed by atoms with E-state index in [2.05, 4.69) is 16.8 Å². The molecule has 0 saturated carbocycles. The highest BCUT2D eigenvalue weighted by Gasteiger charge is 2.41. The first-order valence-corrected chi connectivity index (χ1v) is 12.4. The minimum Gasteiger partial charge on any atom is -0.497 e. The number of pyridine rings is 1. The highest BCUT2D eigenvalue weighted by atomic mass is 19.2. The number of methoxy groups -OCH3 is 1. The molecule has 0 aliphatic carbocycles. The fourth-order valence-electron chi connectivity index (χ4n) is 4.99. The van der Waals surface area contributed by atoms with Crippen LogP contribution in [0, 0.1) is 34.7 Å². The summed E-state index contributed by atoms with van der Waals surface area (Å²) in [6, 6.07) is 6.17. The van der Waals surface area contributed by atoms with Crippen molar-refractivity contribution in [3.63, 3.8) is 0 Å². The molecule has 4 rings (SSSR count). The summed E-state index contributed by atoms with van der Waals surface area (Å²) in [4.78, 5) is 18.3. The summed E-state index contributed by atoms with van der Waals surface area (Å²) in [6.07, 6.45) is 0.0416. The van der Waals surface area contributed by atoms with Gasteiger partial charge in [-0.2, -0.15) is 0 Å². The zero-order chi connectivity index (χ0) is 28.2. The smallest absolute Gasteiger partial charge is 0.309 e. The average Bonchev–Trinajstić information content (AvgIpc) is 2.93. The number of benzene rings is 2. The Morgan fingerprint density at radius 1 is 1.21 bits per heavy atom. The molecule has 1 atom stereocenters. The van der Waals surface area contributed by atoms with Crippen molar-refractivity contribution < 1.29 is 36.6 Å². The van der Waals surface area contributed by atoms with Crippen LogP contribution in [0.2, 0.25) is 0 Å². The van der Waals surface area contributed by atoms with Crippen LogP contribution in [0.4, 0.5) is 22.0 Å². The predicted molar refractivity (Wildman–Crippen MR) is 135 cm³/mol. The molecule has 5 nitrogen and oxygen atoms in total. The van der Waals surface area contributed by atoms with Crippen molar-refractivity contribution in [2.45, 2.75) is 38.5 Å². The van der Waals surface area contributed by atoms with Gasteiger partial charge in [0.05, 0.1) is 30.1 Å². The molecule has 3 aromatic rings. The van der Waals surface area contributed by atoms with Crippen LogP contribution in [0.3, 0.4) is 0 Å². The molecule has 1 saturated heterocycles. The number of halogens is 5. The van der Waals surface area contributed by atoms with Gasteiger partial charge in [-0.25, -0.2) is 22.0 Å². The van der Waals surface area contributed by atoms with Crippen LogP contribution in [-0.2, 0) is 11.5 Å². The number of alkyl halides is 2. The Morgan fingerprint density at radius 3 is 2.62 bits per heavy atom. The van der Waals surface area contributed by atoms with Crippen LogP contribution < -0.4 is 4.74 Å². The summed E-state index contributed by atoms with van der Waals surface area (Å²) < 4.78 is 75.2. The van der Waals surface area contributed by atoms with Crippen LogP contribution in [0.5, 0.6) is 5.75 Å². The van der Waals surface area contributed by atoms with Gasteiger partial charge < -0.3 is 9.84 Å². The Labute approximate surface area is 222 Å². The number of aliphatic carboxylic acids is 1. The van der Waals surface area contributed by atoms with Crippen molar-refractivity contribution in [1.29, 1.82) is 0 Å². The summed E-state index contributed by atoms with van der Waals surface area (Å²) >= 11 is 0. The van der Waals surface area contributed by atoms with E-state index in [4.69, 9.17) is 4.74 Å². The number of carboxylic acid groups (broad SMARTS) is 1. The number of fused-ring (bicyclic) bond motifs is 1. The second kappa shape index (κ2) is 12.0.